The van der Waals surface area contributed by atoms with Gasteiger partial charge in [0, 0.05) is 42.7 Å². The predicted molar refractivity (Wildman–Crippen MR) is 125 cm³/mol. The molecule has 5 rings (SSSR count). The van der Waals surface area contributed by atoms with Crippen molar-refractivity contribution in [2.24, 2.45) is 5.92 Å². The highest BCUT2D eigenvalue weighted by molar-refractivity contribution is 5.98. The molecule has 1 atom stereocenters. The molecule has 1 aromatic heterocycles. The highest BCUT2D eigenvalue weighted by atomic mass is 16.2. The van der Waals surface area contributed by atoms with E-state index >= 15 is 0 Å². The maximum atomic E-state index is 13.4. The molecule has 33 heavy (non-hydrogen) atoms. The molecule has 2 aliphatic rings. The summed E-state index contributed by atoms with van der Waals surface area (Å²) in [5.74, 6) is -0.00349. The van der Waals surface area contributed by atoms with E-state index in [2.05, 4.69) is 10.2 Å². The number of ketones is 1. The quantitative estimate of drug-likeness (QED) is 0.629. The smallest absolute Gasteiger partial charge is 0.253 e. The first-order chi connectivity index (χ1) is 16.0. The van der Waals surface area contributed by atoms with E-state index in [0.717, 1.165) is 47.7 Å². The Morgan fingerprint density at radius 2 is 1.73 bits per heavy atom. The lowest BCUT2D eigenvalue weighted by atomic mass is 9.95. The van der Waals surface area contributed by atoms with Crippen molar-refractivity contribution in [1.82, 2.24) is 20.0 Å². The van der Waals surface area contributed by atoms with Gasteiger partial charge in [0.15, 0.2) is 5.78 Å². The third-order valence-corrected chi connectivity index (χ3v) is 6.97. The van der Waals surface area contributed by atoms with Gasteiger partial charge in [0.2, 0.25) is 5.91 Å². The maximum absolute atomic E-state index is 13.4. The molecule has 0 bridgehead atoms. The summed E-state index contributed by atoms with van der Waals surface area (Å²) in [7, 11) is 0. The number of carbonyl (C=O) groups is 3. The average molecular weight is 445 g/mol. The van der Waals surface area contributed by atoms with Gasteiger partial charge in [0.25, 0.3) is 5.91 Å². The van der Waals surface area contributed by atoms with Crippen LogP contribution in [0.4, 0.5) is 0 Å². The van der Waals surface area contributed by atoms with E-state index in [9.17, 15) is 14.4 Å². The third-order valence-electron chi connectivity index (χ3n) is 6.97. The Labute approximate surface area is 192 Å². The number of benzene rings is 2. The van der Waals surface area contributed by atoms with Gasteiger partial charge in [-0.25, -0.2) is 0 Å². The number of carbonyl (C=O) groups excluding carboxylic acids is 3. The number of hydrogen-bond donors (Lipinski definition) is 1. The van der Waals surface area contributed by atoms with Gasteiger partial charge in [-0.05, 0) is 68.0 Å². The number of rotatable bonds is 3. The molecule has 2 aromatic carbocycles. The maximum Gasteiger partial charge on any atom is 0.253 e. The fourth-order valence-corrected chi connectivity index (χ4v) is 5.04. The highest BCUT2D eigenvalue weighted by Crippen LogP contribution is 2.24. The van der Waals surface area contributed by atoms with Crippen LogP contribution in [0.15, 0.2) is 42.6 Å². The minimum atomic E-state index is -0.172. The zero-order chi connectivity index (χ0) is 22.9. The molecular formula is C26H28N4O3. The second-order valence-corrected chi connectivity index (χ2v) is 9.13. The summed E-state index contributed by atoms with van der Waals surface area (Å²) >= 11 is 0. The van der Waals surface area contributed by atoms with Crippen LogP contribution in [0, 0.1) is 5.92 Å². The number of fused-ring (bicyclic) bond motifs is 2. The highest BCUT2D eigenvalue weighted by Gasteiger charge is 2.32. The number of H-pyrrole nitrogens is 1. The van der Waals surface area contributed by atoms with Crippen molar-refractivity contribution in [1.29, 1.82) is 0 Å². The van der Waals surface area contributed by atoms with Crippen molar-refractivity contribution in [2.75, 3.05) is 26.2 Å². The van der Waals surface area contributed by atoms with Crippen LogP contribution in [0.5, 0.6) is 0 Å². The zero-order valence-electron chi connectivity index (χ0n) is 18.8. The Balaban J connectivity index is 1.26. The van der Waals surface area contributed by atoms with Gasteiger partial charge in [-0.15, -0.1) is 0 Å². The largest absolute Gasteiger partial charge is 0.342 e. The molecule has 0 saturated carbocycles. The molecule has 0 aliphatic carbocycles. The molecule has 3 heterocycles. The SMILES string of the molecule is CC(=O)c1ccc2c(c1)CCN(C(=O)C1CCCN(C(=O)c3ccc4[nH]ncc4c3)C1)CC2. The van der Waals surface area contributed by atoms with Crippen LogP contribution in [-0.4, -0.2) is 63.8 Å². The summed E-state index contributed by atoms with van der Waals surface area (Å²) in [6.07, 6.45) is 4.89. The Morgan fingerprint density at radius 1 is 0.939 bits per heavy atom. The predicted octanol–water partition coefficient (Wildman–Crippen LogP) is 3.25. The molecule has 2 aliphatic heterocycles. The van der Waals surface area contributed by atoms with Crippen molar-refractivity contribution in [3.05, 3.63) is 64.8 Å². The second kappa shape index (κ2) is 8.81. The molecule has 2 amide bonds. The summed E-state index contributed by atoms with van der Waals surface area (Å²) in [5.41, 5.74) is 4.63. The first kappa shape index (κ1) is 21.4. The topological polar surface area (TPSA) is 86.4 Å². The lowest BCUT2D eigenvalue weighted by molar-refractivity contribution is -0.136. The third kappa shape index (κ3) is 4.27. The Hall–Kier alpha value is -3.48. The van der Waals surface area contributed by atoms with E-state index < -0.39 is 0 Å². The first-order valence-electron chi connectivity index (χ1n) is 11.6. The van der Waals surface area contributed by atoms with E-state index in [1.807, 2.05) is 46.2 Å². The summed E-state index contributed by atoms with van der Waals surface area (Å²) in [5, 5.41) is 7.83. The van der Waals surface area contributed by atoms with Gasteiger partial charge in [0.1, 0.15) is 0 Å². The number of aromatic amines is 1. The molecular weight excluding hydrogens is 416 g/mol. The van der Waals surface area contributed by atoms with Crippen molar-refractivity contribution in [2.45, 2.75) is 32.6 Å². The number of piperidine rings is 1. The molecule has 3 aromatic rings. The number of nitrogens with zero attached hydrogens (tertiary/aromatic N) is 3. The number of amides is 2. The fraction of sp³-hybridized carbons (Fsp3) is 0.385. The van der Waals surface area contributed by atoms with Crippen molar-refractivity contribution >= 4 is 28.5 Å². The molecule has 1 fully saturated rings. The van der Waals surface area contributed by atoms with Crippen LogP contribution in [0.3, 0.4) is 0 Å². The van der Waals surface area contributed by atoms with E-state index in [-0.39, 0.29) is 23.5 Å². The minimum absolute atomic E-state index is 0.0318. The zero-order valence-corrected chi connectivity index (χ0v) is 18.8. The van der Waals surface area contributed by atoms with E-state index in [0.29, 0.717) is 31.7 Å². The number of likely N-dealkylation sites (tertiary alicyclic amines) is 1. The molecule has 170 valence electrons. The lowest BCUT2D eigenvalue weighted by Crippen LogP contribution is -2.47. The summed E-state index contributed by atoms with van der Waals surface area (Å²) in [6, 6.07) is 11.4. The van der Waals surface area contributed by atoms with Crippen molar-refractivity contribution < 1.29 is 14.4 Å². The van der Waals surface area contributed by atoms with Gasteiger partial charge in [0.05, 0.1) is 17.6 Å². The van der Waals surface area contributed by atoms with E-state index in [1.54, 1.807) is 13.1 Å². The normalized spacial score (nSPS) is 18.6. The van der Waals surface area contributed by atoms with Crippen LogP contribution in [0.25, 0.3) is 10.9 Å². The molecule has 7 nitrogen and oxygen atoms in total. The van der Waals surface area contributed by atoms with Gasteiger partial charge >= 0.3 is 0 Å². The number of aromatic nitrogens is 2. The summed E-state index contributed by atoms with van der Waals surface area (Å²) in [4.78, 5) is 42.0. The standard InChI is InChI=1S/C26H28N4O3/c1-17(31)19-5-4-18-8-11-29(12-9-20(18)13-19)26(33)22-3-2-10-30(16-22)25(32)21-6-7-24-23(14-21)15-27-28-24/h4-7,13-15,22H,2-3,8-12,16H2,1H3,(H,27,28). The summed E-state index contributed by atoms with van der Waals surface area (Å²) in [6.45, 7) is 4.03. The number of nitrogens with one attached hydrogen (secondary N) is 1. The molecule has 7 heteroatoms. The molecule has 1 unspecified atom stereocenters. The molecule has 0 spiro atoms. The monoisotopic (exact) mass is 444 g/mol. The van der Waals surface area contributed by atoms with Gasteiger partial charge in [-0.1, -0.05) is 12.1 Å². The van der Waals surface area contributed by atoms with Gasteiger partial charge in [-0.2, -0.15) is 5.10 Å². The van der Waals surface area contributed by atoms with Crippen LogP contribution in [-0.2, 0) is 17.6 Å². The summed E-state index contributed by atoms with van der Waals surface area (Å²) < 4.78 is 0. The van der Waals surface area contributed by atoms with E-state index in [4.69, 9.17) is 0 Å². The molecule has 1 N–H and O–H groups in total. The van der Waals surface area contributed by atoms with E-state index in [1.165, 1.54) is 5.56 Å². The van der Waals surface area contributed by atoms with Crippen molar-refractivity contribution in [3.63, 3.8) is 0 Å². The van der Waals surface area contributed by atoms with Crippen LogP contribution in [0.2, 0.25) is 0 Å². The number of Topliss-reactive ketones (excluding diaryl/α,β-unsaturated/α-hetero) is 1. The average Bonchev–Trinajstić information content (AvgIpc) is 3.21. The Kier molecular flexibility index (Phi) is 5.70. The van der Waals surface area contributed by atoms with Gasteiger partial charge in [-0.3, -0.25) is 19.5 Å². The van der Waals surface area contributed by atoms with Crippen LogP contribution in [0.1, 0.15) is 51.6 Å². The van der Waals surface area contributed by atoms with Crippen molar-refractivity contribution in [3.8, 4) is 0 Å². The van der Waals surface area contributed by atoms with Crippen LogP contribution >= 0.6 is 0 Å². The lowest BCUT2D eigenvalue weighted by Gasteiger charge is -2.35. The first-order valence-corrected chi connectivity index (χ1v) is 11.6. The molecule has 0 radical (unpaired) electrons. The number of hydrogen-bond acceptors (Lipinski definition) is 4. The van der Waals surface area contributed by atoms with Gasteiger partial charge < -0.3 is 9.80 Å². The fourth-order valence-electron chi connectivity index (χ4n) is 5.04. The molecule has 1 saturated heterocycles. The Bertz CT molecular complexity index is 1230. The Morgan fingerprint density at radius 3 is 2.55 bits per heavy atom. The van der Waals surface area contributed by atoms with Crippen LogP contribution < -0.4 is 0 Å². The second-order valence-electron chi connectivity index (χ2n) is 9.13. The minimum Gasteiger partial charge on any atom is -0.342 e.